The number of amides is 1. The van der Waals surface area contributed by atoms with Crippen molar-refractivity contribution in [1.82, 2.24) is 9.97 Å². The summed E-state index contributed by atoms with van der Waals surface area (Å²) < 4.78 is 0. The summed E-state index contributed by atoms with van der Waals surface area (Å²) in [4.78, 5) is 20.6. The van der Waals surface area contributed by atoms with Crippen LogP contribution in [0.2, 0.25) is 10.0 Å². The third kappa shape index (κ3) is 4.47. The van der Waals surface area contributed by atoms with E-state index in [1.54, 1.807) is 18.2 Å². The van der Waals surface area contributed by atoms with E-state index < -0.39 is 0 Å². The minimum absolute atomic E-state index is 0.333. The summed E-state index contributed by atoms with van der Waals surface area (Å²) in [5, 5.41) is 6.60. The molecule has 3 aromatic rings. The summed E-state index contributed by atoms with van der Waals surface area (Å²) in [5.74, 6) is 0.0807. The number of aryl methyl sites for hydroxylation is 1. The van der Waals surface area contributed by atoms with Crippen molar-refractivity contribution in [2.75, 3.05) is 10.6 Å². The fourth-order valence-corrected chi connectivity index (χ4v) is 2.44. The number of anilines is 3. The number of nitrogens with zero attached hydrogens (tertiary/aromatic N) is 2. The maximum absolute atomic E-state index is 12.2. The number of rotatable bonds is 4. The van der Waals surface area contributed by atoms with Gasteiger partial charge < -0.3 is 10.6 Å². The van der Waals surface area contributed by atoms with Gasteiger partial charge in [0.1, 0.15) is 0 Å². The molecule has 2 aromatic carbocycles. The quantitative estimate of drug-likeness (QED) is 0.669. The molecule has 2 N–H and O–H groups in total. The first-order valence-corrected chi connectivity index (χ1v) is 8.19. The van der Waals surface area contributed by atoms with Crippen LogP contribution in [0.4, 0.5) is 17.3 Å². The Kier molecular flexibility index (Phi) is 5.16. The van der Waals surface area contributed by atoms with Crippen LogP contribution < -0.4 is 10.6 Å². The summed E-state index contributed by atoms with van der Waals surface area (Å²) in [6.45, 7) is 2.00. The van der Waals surface area contributed by atoms with Gasteiger partial charge in [0.05, 0.1) is 15.6 Å². The van der Waals surface area contributed by atoms with Crippen LogP contribution in [0.25, 0.3) is 0 Å². The fourth-order valence-electron chi connectivity index (χ4n) is 2.14. The Morgan fingerprint density at radius 2 is 1.72 bits per heavy atom. The normalized spacial score (nSPS) is 10.4. The van der Waals surface area contributed by atoms with Crippen LogP contribution >= 0.6 is 23.2 Å². The number of benzene rings is 2. The van der Waals surface area contributed by atoms with Crippen molar-refractivity contribution in [2.24, 2.45) is 0 Å². The van der Waals surface area contributed by atoms with E-state index in [0.29, 0.717) is 27.2 Å². The zero-order chi connectivity index (χ0) is 17.8. The number of nitrogens with one attached hydrogen (secondary N) is 2. The van der Waals surface area contributed by atoms with Crippen LogP contribution in [0.5, 0.6) is 0 Å². The molecule has 5 nitrogen and oxygen atoms in total. The summed E-state index contributed by atoms with van der Waals surface area (Å²) >= 11 is 11.8. The minimum Gasteiger partial charge on any atom is -0.324 e. The van der Waals surface area contributed by atoms with Gasteiger partial charge in [0.15, 0.2) is 0 Å². The van der Waals surface area contributed by atoms with Crippen LogP contribution in [0, 0.1) is 6.92 Å². The summed E-state index contributed by atoms with van der Waals surface area (Å²) in [7, 11) is 0. The largest absolute Gasteiger partial charge is 0.324 e. The van der Waals surface area contributed by atoms with Crippen molar-refractivity contribution < 1.29 is 4.79 Å². The van der Waals surface area contributed by atoms with E-state index in [0.717, 1.165) is 11.3 Å². The number of hydrogen-bond donors (Lipinski definition) is 2. The van der Waals surface area contributed by atoms with Crippen molar-refractivity contribution in [3.63, 3.8) is 0 Å². The Morgan fingerprint density at radius 1 is 0.960 bits per heavy atom. The van der Waals surface area contributed by atoms with Gasteiger partial charge in [-0.3, -0.25) is 4.79 Å². The monoisotopic (exact) mass is 372 g/mol. The van der Waals surface area contributed by atoms with Crippen molar-refractivity contribution in [1.29, 1.82) is 0 Å². The van der Waals surface area contributed by atoms with E-state index >= 15 is 0 Å². The Morgan fingerprint density at radius 3 is 2.40 bits per heavy atom. The molecule has 0 spiro atoms. The molecule has 0 aliphatic rings. The smallest absolute Gasteiger partial charge is 0.258 e. The molecule has 7 heteroatoms. The molecule has 126 valence electrons. The molecule has 0 aliphatic heterocycles. The van der Waals surface area contributed by atoms with Crippen LogP contribution in [0.15, 0.2) is 54.9 Å². The van der Waals surface area contributed by atoms with Crippen molar-refractivity contribution in [3.8, 4) is 0 Å². The van der Waals surface area contributed by atoms with E-state index in [-0.39, 0.29) is 5.91 Å². The average Bonchev–Trinajstić information content (AvgIpc) is 2.59. The van der Waals surface area contributed by atoms with Gasteiger partial charge in [-0.15, -0.1) is 0 Å². The number of carbonyl (C=O) groups excluding carboxylic acids is 1. The third-order valence-electron chi connectivity index (χ3n) is 3.37. The van der Waals surface area contributed by atoms with E-state index in [9.17, 15) is 4.79 Å². The van der Waals surface area contributed by atoms with E-state index in [1.807, 2.05) is 31.2 Å². The maximum Gasteiger partial charge on any atom is 0.258 e. The highest BCUT2D eigenvalue weighted by atomic mass is 35.5. The lowest BCUT2D eigenvalue weighted by atomic mass is 10.2. The summed E-state index contributed by atoms with van der Waals surface area (Å²) in [6.07, 6.45) is 2.91. The lowest BCUT2D eigenvalue weighted by Gasteiger charge is -2.08. The second-order valence-corrected chi connectivity index (χ2v) is 6.19. The Bertz CT molecular complexity index is 913. The molecule has 0 aliphatic carbocycles. The molecule has 0 bridgehead atoms. The van der Waals surface area contributed by atoms with Crippen molar-refractivity contribution >= 4 is 46.4 Å². The Balaban J connectivity index is 1.68. The molecule has 1 aromatic heterocycles. The molecular formula is C18H14Cl2N4O. The highest BCUT2D eigenvalue weighted by Crippen LogP contribution is 2.25. The molecule has 1 heterocycles. The highest BCUT2D eigenvalue weighted by molar-refractivity contribution is 6.42. The first-order valence-electron chi connectivity index (χ1n) is 7.43. The molecule has 0 saturated heterocycles. The average molecular weight is 373 g/mol. The molecule has 0 atom stereocenters. The van der Waals surface area contributed by atoms with E-state index in [4.69, 9.17) is 23.2 Å². The van der Waals surface area contributed by atoms with Gasteiger partial charge in [0.2, 0.25) is 5.95 Å². The number of hydrogen-bond acceptors (Lipinski definition) is 4. The molecule has 3 rings (SSSR count). The standard InChI is InChI=1S/C18H14Cl2N4O/c1-11-3-2-4-13(7-11)24-18-21-9-12(10-22-18)17(25)23-14-5-6-15(19)16(20)8-14/h2-10H,1H3,(H,23,25)(H,21,22,24). The van der Waals surface area contributed by atoms with E-state index in [1.165, 1.54) is 12.4 Å². The van der Waals surface area contributed by atoms with Gasteiger partial charge in [-0.2, -0.15) is 0 Å². The number of aromatic nitrogens is 2. The van der Waals surface area contributed by atoms with Gasteiger partial charge in [-0.25, -0.2) is 9.97 Å². The molecule has 0 unspecified atom stereocenters. The predicted octanol–water partition coefficient (Wildman–Crippen LogP) is 5.09. The minimum atomic E-state index is -0.333. The lowest BCUT2D eigenvalue weighted by molar-refractivity contribution is 0.102. The van der Waals surface area contributed by atoms with Crippen LogP contribution in [-0.2, 0) is 0 Å². The Labute approximate surface area is 155 Å². The summed E-state index contributed by atoms with van der Waals surface area (Å²) in [6, 6.07) is 12.7. The summed E-state index contributed by atoms with van der Waals surface area (Å²) in [5.41, 5.74) is 2.89. The number of halogens is 2. The van der Waals surface area contributed by atoms with E-state index in [2.05, 4.69) is 20.6 Å². The molecule has 0 fully saturated rings. The first kappa shape index (κ1) is 17.2. The SMILES string of the molecule is Cc1cccc(Nc2ncc(C(=O)Nc3ccc(Cl)c(Cl)c3)cn2)c1. The Hall–Kier alpha value is -2.63. The predicted molar refractivity (Wildman–Crippen MR) is 101 cm³/mol. The highest BCUT2D eigenvalue weighted by Gasteiger charge is 2.09. The van der Waals surface area contributed by atoms with Gasteiger partial charge in [0.25, 0.3) is 5.91 Å². The molecular weight excluding hydrogens is 359 g/mol. The second-order valence-electron chi connectivity index (χ2n) is 5.37. The third-order valence-corrected chi connectivity index (χ3v) is 4.10. The molecule has 0 saturated carbocycles. The zero-order valence-electron chi connectivity index (χ0n) is 13.3. The second kappa shape index (κ2) is 7.51. The topological polar surface area (TPSA) is 66.9 Å². The van der Waals surface area contributed by atoms with Crippen LogP contribution in [0.3, 0.4) is 0 Å². The van der Waals surface area contributed by atoms with Gasteiger partial charge in [-0.05, 0) is 42.8 Å². The van der Waals surface area contributed by atoms with Crippen molar-refractivity contribution in [2.45, 2.75) is 6.92 Å². The zero-order valence-corrected chi connectivity index (χ0v) is 14.8. The van der Waals surface area contributed by atoms with Gasteiger partial charge >= 0.3 is 0 Å². The van der Waals surface area contributed by atoms with Gasteiger partial charge in [-0.1, -0.05) is 35.3 Å². The fraction of sp³-hybridized carbons (Fsp3) is 0.0556. The van der Waals surface area contributed by atoms with Crippen LogP contribution in [-0.4, -0.2) is 15.9 Å². The van der Waals surface area contributed by atoms with Crippen LogP contribution in [0.1, 0.15) is 15.9 Å². The van der Waals surface area contributed by atoms with Crippen molar-refractivity contribution in [3.05, 3.63) is 76.0 Å². The molecule has 1 amide bonds. The lowest BCUT2D eigenvalue weighted by Crippen LogP contribution is -2.13. The molecule has 0 radical (unpaired) electrons. The number of carbonyl (C=O) groups is 1. The molecule has 25 heavy (non-hydrogen) atoms. The first-order chi connectivity index (χ1) is 12.0. The maximum atomic E-state index is 12.2. The van der Waals surface area contributed by atoms with Gasteiger partial charge in [0, 0.05) is 23.8 Å².